The molecule has 0 bridgehead atoms. The molecule has 3 N–H and O–H groups in total. The predicted octanol–water partition coefficient (Wildman–Crippen LogP) is 2.04. The monoisotopic (exact) mass is 265 g/mol. The lowest BCUT2D eigenvalue weighted by Crippen LogP contribution is -2.32. The molecule has 0 aliphatic heterocycles. The van der Waals surface area contributed by atoms with Crippen molar-refractivity contribution in [2.75, 3.05) is 0 Å². The second-order valence-electron chi connectivity index (χ2n) is 4.46. The normalized spacial score (nSPS) is 11.2. The van der Waals surface area contributed by atoms with Gasteiger partial charge in [0.1, 0.15) is 6.04 Å². The van der Waals surface area contributed by atoms with Crippen molar-refractivity contribution in [3.63, 3.8) is 0 Å². The molecule has 0 unspecified atom stereocenters. The Kier molecular flexibility index (Phi) is 4.54. The van der Waals surface area contributed by atoms with E-state index in [1.807, 2.05) is 54.6 Å². The first-order valence-corrected chi connectivity index (χ1v) is 6.29. The fourth-order valence-corrected chi connectivity index (χ4v) is 1.73. The molecule has 0 aromatic heterocycles. The Morgan fingerprint density at radius 2 is 1.55 bits per heavy atom. The summed E-state index contributed by atoms with van der Waals surface area (Å²) in [7, 11) is 0. The molecule has 0 fully saturated rings. The maximum atomic E-state index is 10.7. The van der Waals surface area contributed by atoms with Gasteiger partial charge in [-0.05, 0) is 36.2 Å². The van der Waals surface area contributed by atoms with Crippen LogP contribution in [0.1, 0.15) is 16.7 Å². The molecule has 2 aromatic rings. The molecule has 0 spiro atoms. The molecule has 3 heteroatoms. The van der Waals surface area contributed by atoms with Crippen LogP contribution in [0, 0.1) is 11.8 Å². The van der Waals surface area contributed by atoms with Gasteiger partial charge >= 0.3 is 5.97 Å². The molecule has 0 amide bonds. The van der Waals surface area contributed by atoms with Crippen LogP contribution in [-0.2, 0) is 11.2 Å². The summed E-state index contributed by atoms with van der Waals surface area (Å²) in [5.74, 6) is 5.15. The van der Waals surface area contributed by atoms with Crippen LogP contribution in [0.25, 0.3) is 0 Å². The van der Waals surface area contributed by atoms with Gasteiger partial charge in [0.2, 0.25) is 0 Å². The number of aliphatic carboxylic acids is 1. The lowest BCUT2D eigenvalue weighted by molar-refractivity contribution is -0.138. The molecule has 0 saturated heterocycles. The third-order valence-electron chi connectivity index (χ3n) is 2.85. The van der Waals surface area contributed by atoms with Gasteiger partial charge in [-0.25, -0.2) is 0 Å². The van der Waals surface area contributed by atoms with E-state index < -0.39 is 12.0 Å². The number of nitrogens with two attached hydrogens (primary N) is 1. The molecule has 0 radical (unpaired) electrons. The highest BCUT2D eigenvalue weighted by molar-refractivity contribution is 5.73. The van der Waals surface area contributed by atoms with Gasteiger partial charge in [0.05, 0.1) is 0 Å². The highest BCUT2D eigenvalue weighted by Gasteiger charge is 2.11. The summed E-state index contributed by atoms with van der Waals surface area (Å²) in [6.45, 7) is 0. The maximum Gasteiger partial charge on any atom is 0.320 e. The Balaban J connectivity index is 2.06. The van der Waals surface area contributed by atoms with E-state index in [-0.39, 0.29) is 0 Å². The summed E-state index contributed by atoms with van der Waals surface area (Å²) >= 11 is 0. The topological polar surface area (TPSA) is 63.3 Å². The van der Waals surface area contributed by atoms with E-state index in [0.717, 1.165) is 16.7 Å². The molecule has 2 rings (SSSR count). The van der Waals surface area contributed by atoms with E-state index in [1.165, 1.54) is 0 Å². The first-order chi connectivity index (χ1) is 9.65. The Labute approximate surface area is 118 Å². The average molecular weight is 265 g/mol. The van der Waals surface area contributed by atoms with E-state index in [9.17, 15) is 4.79 Å². The van der Waals surface area contributed by atoms with Crippen LogP contribution in [0.15, 0.2) is 54.6 Å². The summed E-state index contributed by atoms with van der Waals surface area (Å²) in [5, 5.41) is 8.76. The van der Waals surface area contributed by atoms with Gasteiger partial charge in [0.15, 0.2) is 0 Å². The molecule has 20 heavy (non-hydrogen) atoms. The highest BCUT2D eigenvalue weighted by atomic mass is 16.4. The quantitative estimate of drug-likeness (QED) is 0.835. The number of carbonyl (C=O) groups is 1. The maximum absolute atomic E-state index is 10.7. The molecule has 1 atom stereocenters. The van der Waals surface area contributed by atoms with Gasteiger partial charge in [-0.2, -0.15) is 0 Å². The molecule has 0 aliphatic rings. The Bertz CT molecular complexity index is 636. The summed E-state index contributed by atoms with van der Waals surface area (Å²) in [5.41, 5.74) is 8.24. The van der Waals surface area contributed by atoms with E-state index in [2.05, 4.69) is 11.8 Å². The number of rotatable bonds is 3. The second-order valence-corrected chi connectivity index (χ2v) is 4.46. The highest BCUT2D eigenvalue weighted by Crippen LogP contribution is 2.06. The van der Waals surface area contributed by atoms with Crippen molar-refractivity contribution in [2.24, 2.45) is 5.73 Å². The minimum absolute atomic E-state index is 0.321. The zero-order valence-corrected chi connectivity index (χ0v) is 10.9. The third-order valence-corrected chi connectivity index (χ3v) is 2.85. The minimum Gasteiger partial charge on any atom is -0.480 e. The number of benzene rings is 2. The summed E-state index contributed by atoms with van der Waals surface area (Å²) < 4.78 is 0. The number of carboxylic acids is 1. The first kappa shape index (κ1) is 13.9. The molecule has 100 valence electrons. The SMILES string of the molecule is N[C@H](Cc1ccc(C#Cc2ccccc2)cc1)C(=O)O. The van der Waals surface area contributed by atoms with Crippen molar-refractivity contribution in [2.45, 2.75) is 12.5 Å². The standard InChI is InChI=1S/C17H15NO2/c18-16(17(19)20)12-15-10-8-14(9-11-15)7-6-13-4-2-1-3-5-13/h1-5,8-11,16H,12,18H2,(H,19,20)/t16-/m1/s1. The molecular weight excluding hydrogens is 250 g/mol. The van der Waals surface area contributed by atoms with Crippen LogP contribution < -0.4 is 5.73 Å². The molecule has 0 heterocycles. The van der Waals surface area contributed by atoms with Gasteiger partial charge in [-0.1, -0.05) is 42.2 Å². The smallest absolute Gasteiger partial charge is 0.320 e. The van der Waals surface area contributed by atoms with Crippen LogP contribution >= 0.6 is 0 Å². The van der Waals surface area contributed by atoms with Crippen LogP contribution in [0.4, 0.5) is 0 Å². The zero-order chi connectivity index (χ0) is 14.4. The van der Waals surface area contributed by atoms with E-state index in [4.69, 9.17) is 10.8 Å². The van der Waals surface area contributed by atoms with Crippen molar-refractivity contribution in [3.8, 4) is 11.8 Å². The lowest BCUT2D eigenvalue weighted by Gasteiger charge is -2.05. The average Bonchev–Trinajstić information content (AvgIpc) is 2.47. The van der Waals surface area contributed by atoms with Gasteiger partial charge < -0.3 is 10.8 Å². The Morgan fingerprint density at radius 1 is 1.00 bits per heavy atom. The van der Waals surface area contributed by atoms with Crippen molar-refractivity contribution in [3.05, 3.63) is 71.3 Å². The summed E-state index contributed by atoms with van der Waals surface area (Å²) in [6, 6.07) is 16.3. The van der Waals surface area contributed by atoms with E-state index in [0.29, 0.717) is 6.42 Å². The summed E-state index contributed by atoms with van der Waals surface area (Å²) in [6.07, 6.45) is 0.321. The lowest BCUT2D eigenvalue weighted by atomic mass is 10.0. The van der Waals surface area contributed by atoms with Crippen molar-refractivity contribution in [1.29, 1.82) is 0 Å². The van der Waals surface area contributed by atoms with Crippen LogP contribution in [0.3, 0.4) is 0 Å². The van der Waals surface area contributed by atoms with Crippen LogP contribution in [0.2, 0.25) is 0 Å². The molecule has 2 aromatic carbocycles. The third kappa shape index (κ3) is 3.98. The first-order valence-electron chi connectivity index (χ1n) is 6.29. The Hall–Kier alpha value is -2.57. The van der Waals surface area contributed by atoms with Crippen LogP contribution in [-0.4, -0.2) is 17.1 Å². The largest absolute Gasteiger partial charge is 0.480 e. The number of carboxylic acid groups (broad SMARTS) is 1. The number of hydrogen-bond acceptors (Lipinski definition) is 2. The predicted molar refractivity (Wildman–Crippen MR) is 78.2 cm³/mol. The van der Waals surface area contributed by atoms with Gasteiger partial charge in [-0.3, -0.25) is 4.79 Å². The molecular formula is C17H15NO2. The molecule has 3 nitrogen and oxygen atoms in total. The fourth-order valence-electron chi connectivity index (χ4n) is 1.73. The van der Waals surface area contributed by atoms with E-state index >= 15 is 0 Å². The van der Waals surface area contributed by atoms with Crippen LogP contribution in [0.5, 0.6) is 0 Å². The summed E-state index contributed by atoms with van der Waals surface area (Å²) in [4.78, 5) is 10.7. The Morgan fingerprint density at radius 3 is 2.10 bits per heavy atom. The second kappa shape index (κ2) is 6.55. The zero-order valence-electron chi connectivity index (χ0n) is 10.9. The number of hydrogen-bond donors (Lipinski definition) is 2. The van der Waals surface area contributed by atoms with Gasteiger partial charge in [0.25, 0.3) is 0 Å². The van der Waals surface area contributed by atoms with Crippen molar-refractivity contribution in [1.82, 2.24) is 0 Å². The van der Waals surface area contributed by atoms with Gasteiger partial charge in [-0.15, -0.1) is 0 Å². The fraction of sp³-hybridized carbons (Fsp3) is 0.118. The van der Waals surface area contributed by atoms with Crippen molar-refractivity contribution >= 4 is 5.97 Å². The molecule has 0 aliphatic carbocycles. The molecule has 0 saturated carbocycles. The minimum atomic E-state index is -0.988. The van der Waals surface area contributed by atoms with E-state index in [1.54, 1.807) is 0 Å². The van der Waals surface area contributed by atoms with Gasteiger partial charge in [0, 0.05) is 11.1 Å². The van der Waals surface area contributed by atoms with Crippen molar-refractivity contribution < 1.29 is 9.90 Å².